The van der Waals surface area contributed by atoms with E-state index in [9.17, 15) is 9.90 Å². The molecule has 1 atom stereocenters. The fourth-order valence-electron chi connectivity index (χ4n) is 1.96. The lowest BCUT2D eigenvalue weighted by atomic mass is 10.2. The van der Waals surface area contributed by atoms with Crippen molar-refractivity contribution in [3.8, 4) is 0 Å². The third-order valence-corrected chi connectivity index (χ3v) is 4.46. The van der Waals surface area contributed by atoms with Gasteiger partial charge in [0.2, 0.25) is 0 Å². The largest absolute Gasteiger partial charge is 0.394 e. The van der Waals surface area contributed by atoms with E-state index >= 15 is 0 Å². The Balaban J connectivity index is 2.24. The highest BCUT2D eigenvalue weighted by molar-refractivity contribution is 7.13. The van der Waals surface area contributed by atoms with Crippen molar-refractivity contribution in [3.63, 3.8) is 0 Å². The van der Waals surface area contributed by atoms with E-state index in [1.54, 1.807) is 4.90 Å². The van der Waals surface area contributed by atoms with Gasteiger partial charge in [-0.3, -0.25) is 4.79 Å². The van der Waals surface area contributed by atoms with Crippen LogP contribution in [0.5, 0.6) is 0 Å². The molecule has 0 aliphatic carbocycles. The first-order valence-electron chi connectivity index (χ1n) is 6.10. The summed E-state index contributed by atoms with van der Waals surface area (Å²) in [6, 6.07) is -0.193. The summed E-state index contributed by atoms with van der Waals surface area (Å²) < 4.78 is 0. The molecule has 1 N–H and O–H groups in total. The van der Waals surface area contributed by atoms with Gasteiger partial charge in [0, 0.05) is 12.5 Å². The molecule has 1 aromatic rings. The summed E-state index contributed by atoms with van der Waals surface area (Å²) in [5.41, 5.74) is 0.789. The number of aliphatic hydroxyl groups is 1. The van der Waals surface area contributed by atoms with Gasteiger partial charge in [0.15, 0.2) is 0 Å². The highest BCUT2D eigenvalue weighted by Gasteiger charge is 2.28. The van der Waals surface area contributed by atoms with Crippen molar-refractivity contribution in [2.75, 3.05) is 13.2 Å². The molecule has 1 aromatic heterocycles. The Bertz CT molecular complexity index is 479. The van der Waals surface area contributed by atoms with Crippen molar-refractivity contribution >= 4 is 17.2 Å². The molecule has 0 aromatic carbocycles. The van der Waals surface area contributed by atoms with E-state index in [1.165, 1.54) is 11.3 Å². The predicted octanol–water partition coefficient (Wildman–Crippen LogP) is 1.95. The number of aryl methyl sites for hydroxylation is 1. The Morgan fingerprint density at radius 2 is 2.39 bits per heavy atom. The fraction of sp³-hybridized carbons (Fsp3) is 0.538. The summed E-state index contributed by atoms with van der Waals surface area (Å²) >= 11 is 1.46. The molecule has 18 heavy (non-hydrogen) atoms. The van der Waals surface area contributed by atoms with Crippen LogP contribution >= 0.6 is 11.3 Å². The lowest BCUT2D eigenvalue weighted by molar-refractivity contribution is 0.0704. The van der Waals surface area contributed by atoms with E-state index in [4.69, 9.17) is 0 Å². The van der Waals surface area contributed by atoms with Crippen molar-refractivity contribution in [1.82, 2.24) is 9.88 Å². The monoisotopic (exact) mass is 266 g/mol. The number of aromatic nitrogens is 1. The smallest absolute Gasteiger partial charge is 0.266 e. The Kier molecular flexibility index (Phi) is 3.82. The number of hydrogen-bond acceptors (Lipinski definition) is 4. The summed E-state index contributed by atoms with van der Waals surface area (Å²) in [6.45, 7) is 6.55. The maximum absolute atomic E-state index is 12.4. The Labute approximate surface area is 111 Å². The highest BCUT2D eigenvalue weighted by atomic mass is 32.1. The van der Waals surface area contributed by atoms with Crippen molar-refractivity contribution in [1.29, 1.82) is 0 Å². The molecule has 0 radical (unpaired) electrons. The molecule has 1 unspecified atom stereocenters. The maximum Gasteiger partial charge on any atom is 0.266 e. The van der Waals surface area contributed by atoms with Crippen LogP contribution in [0.1, 0.15) is 40.1 Å². The topological polar surface area (TPSA) is 53.4 Å². The molecule has 1 aliphatic heterocycles. The van der Waals surface area contributed by atoms with Crippen molar-refractivity contribution in [2.24, 2.45) is 0 Å². The first-order valence-corrected chi connectivity index (χ1v) is 6.92. The molecule has 5 heteroatoms. The molecule has 2 heterocycles. The summed E-state index contributed by atoms with van der Waals surface area (Å²) in [4.78, 5) is 19.2. The normalized spacial score (nSPS) is 18.9. The average Bonchev–Trinajstić information content (AvgIpc) is 2.93. The molecule has 98 valence electrons. The van der Waals surface area contributed by atoms with Gasteiger partial charge in [-0.15, -0.1) is 11.3 Å². The van der Waals surface area contributed by atoms with Gasteiger partial charge in [-0.25, -0.2) is 4.98 Å². The van der Waals surface area contributed by atoms with Crippen LogP contribution in [0.15, 0.2) is 12.2 Å². The molecule has 0 spiro atoms. The summed E-state index contributed by atoms with van der Waals surface area (Å²) in [6.07, 6.45) is 3.79. The molecular weight excluding hydrogens is 248 g/mol. The summed E-state index contributed by atoms with van der Waals surface area (Å²) in [5, 5.41) is 10.2. The SMILES string of the molecule is Cc1nc(C(C)C)sc1C(=O)N1CC=CC1CO. The first-order chi connectivity index (χ1) is 8.54. The number of aliphatic hydroxyl groups excluding tert-OH is 1. The van der Waals surface area contributed by atoms with Crippen molar-refractivity contribution in [2.45, 2.75) is 32.7 Å². The van der Waals surface area contributed by atoms with Crippen LogP contribution < -0.4 is 0 Å². The van der Waals surface area contributed by atoms with Gasteiger partial charge in [-0.1, -0.05) is 26.0 Å². The van der Waals surface area contributed by atoms with Crippen molar-refractivity contribution < 1.29 is 9.90 Å². The number of nitrogens with zero attached hydrogens (tertiary/aromatic N) is 2. The Hall–Kier alpha value is -1.20. The second-order valence-corrected chi connectivity index (χ2v) is 5.79. The lowest BCUT2D eigenvalue weighted by Gasteiger charge is -2.22. The van der Waals surface area contributed by atoms with E-state index < -0.39 is 0 Å². The molecule has 2 rings (SSSR count). The van der Waals surface area contributed by atoms with Gasteiger partial charge in [-0.2, -0.15) is 0 Å². The summed E-state index contributed by atoms with van der Waals surface area (Å²) in [7, 11) is 0. The molecule has 1 amide bonds. The van der Waals surface area contributed by atoms with E-state index in [0.717, 1.165) is 10.7 Å². The van der Waals surface area contributed by atoms with E-state index in [0.29, 0.717) is 17.3 Å². The van der Waals surface area contributed by atoms with Gasteiger partial charge in [-0.05, 0) is 6.92 Å². The van der Waals surface area contributed by atoms with Crippen LogP contribution in [0.3, 0.4) is 0 Å². The number of thiazole rings is 1. The van der Waals surface area contributed by atoms with Crippen LogP contribution in [0.4, 0.5) is 0 Å². The Morgan fingerprint density at radius 3 is 2.94 bits per heavy atom. The second-order valence-electron chi connectivity index (χ2n) is 4.76. The van der Waals surface area contributed by atoms with Crippen LogP contribution in [0.25, 0.3) is 0 Å². The van der Waals surface area contributed by atoms with Gasteiger partial charge >= 0.3 is 0 Å². The molecule has 0 saturated carbocycles. The number of rotatable bonds is 3. The van der Waals surface area contributed by atoms with Crippen LogP contribution in [0.2, 0.25) is 0 Å². The minimum Gasteiger partial charge on any atom is -0.394 e. The van der Waals surface area contributed by atoms with E-state index in [-0.39, 0.29) is 18.6 Å². The summed E-state index contributed by atoms with van der Waals surface area (Å²) in [5.74, 6) is 0.307. The zero-order valence-electron chi connectivity index (χ0n) is 10.9. The second kappa shape index (κ2) is 5.20. The highest BCUT2D eigenvalue weighted by Crippen LogP contribution is 2.27. The van der Waals surface area contributed by atoms with Crippen LogP contribution in [-0.2, 0) is 0 Å². The van der Waals surface area contributed by atoms with Crippen molar-refractivity contribution in [3.05, 3.63) is 27.7 Å². The van der Waals surface area contributed by atoms with E-state index in [1.807, 2.05) is 19.1 Å². The molecular formula is C13H18N2O2S. The minimum atomic E-state index is -0.193. The standard InChI is InChI=1S/C13H18N2O2S/c1-8(2)12-14-9(3)11(18-12)13(17)15-6-4-5-10(15)7-16/h4-5,8,10,16H,6-7H2,1-3H3. The minimum absolute atomic E-state index is 0.0269. The molecule has 4 nitrogen and oxygen atoms in total. The zero-order chi connectivity index (χ0) is 13.3. The molecule has 0 saturated heterocycles. The number of hydrogen-bond donors (Lipinski definition) is 1. The number of carbonyl (C=O) groups is 1. The fourth-order valence-corrected chi connectivity index (χ4v) is 2.98. The third kappa shape index (κ3) is 2.33. The zero-order valence-corrected chi connectivity index (χ0v) is 11.7. The third-order valence-electron chi connectivity index (χ3n) is 3.01. The molecule has 0 fully saturated rings. The first kappa shape index (κ1) is 13.2. The molecule has 1 aliphatic rings. The maximum atomic E-state index is 12.4. The molecule has 0 bridgehead atoms. The van der Waals surface area contributed by atoms with Gasteiger partial charge in [0.05, 0.1) is 23.4 Å². The van der Waals surface area contributed by atoms with Crippen LogP contribution in [-0.4, -0.2) is 40.1 Å². The van der Waals surface area contributed by atoms with Gasteiger partial charge in [0.25, 0.3) is 5.91 Å². The van der Waals surface area contributed by atoms with Gasteiger partial charge in [0.1, 0.15) is 4.88 Å². The quantitative estimate of drug-likeness (QED) is 0.851. The van der Waals surface area contributed by atoms with Gasteiger partial charge < -0.3 is 10.0 Å². The van der Waals surface area contributed by atoms with E-state index in [2.05, 4.69) is 18.8 Å². The number of amides is 1. The lowest BCUT2D eigenvalue weighted by Crippen LogP contribution is -2.38. The average molecular weight is 266 g/mol. The Morgan fingerprint density at radius 1 is 1.67 bits per heavy atom. The predicted molar refractivity (Wildman–Crippen MR) is 72.0 cm³/mol. The number of carbonyl (C=O) groups excluding carboxylic acids is 1. The van der Waals surface area contributed by atoms with Crippen LogP contribution in [0, 0.1) is 6.92 Å².